The van der Waals surface area contributed by atoms with Gasteiger partial charge in [-0.2, -0.15) is 0 Å². The number of nitrogens with two attached hydrogens (primary N) is 1. The van der Waals surface area contributed by atoms with Gasteiger partial charge in [0.15, 0.2) is 0 Å². The first-order chi connectivity index (χ1) is 4.30. The molecular weight excluding hydrogens is 134 g/mol. The molecule has 0 heterocycles. The van der Waals surface area contributed by atoms with Crippen molar-refractivity contribution >= 4 is 11.6 Å². The zero-order valence-electron chi connectivity index (χ0n) is 4.92. The molecule has 1 unspecified atom stereocenters. The van der Waals surface area contributed by atoms with Crippen LogP contribution in [-0.4, -0.2) is 0 Å². The highest BCUT2D eigenvalue weighted by molar-refractivity contribution is 6.20. The summed E-state index contributed by atoms with van der Waals surface area (Å²) in [6, 6.07) is 9.56. The van der Waals surface area contributed by atoms with Crippen molar-refractivity contribution in [3.05, 3.63) is 35.9 Å². The Morgan fingerprint density at radius 3 is 2.11 bits per heavy atom. The van der Waals surface area contributed by atoms with Crippen LogP contribution in [0.4, 0.5) is 0 Å². The molecule has 0 saturated heterocycles. The minimum Gasteiger partial charge on any atom is -0.312 e. The van der Waals surface area contributed by atoms with Crippen LogP contribution in [0.2, 0.25) is 0 Å². The van der Waals surface area contributed by atoms with Crippen molar-refractivity contribution in [3.8, 4) is 0 Å². The molecular formula is C7H8ClN. The molecule has 0 radical (unpaired) electrons. The zero-order valence-corrected chi connectivity index (χ0v) is 5.68. The number of alkyl halides is 1. The highest BCUT2D eigenvalue weighted by Gasteiger charge is 1.96. The fraction of sp³-hybridized carbons (Fsp3) is 0.143. The Morgan fingerprint density at radius 1 is 1.22 bits per heavy atom. The normalized spacial score (nSPS) is 13.1. The molecule has 0 fully saturated rings. The molecule has 1 rings (SSSR count). The molecule has 1 aromatic carbocycles. The molecule has 2 N–H and O–H groups in total. The number of rotatable bonds is 1. The van der Waals surface area contributed by atoms with E-state index in [4.69, 9.17) is 17.3 Å². The maximum Gasteiger partial charge on any atom is 0.106 e. The third kappa shape index (κ3) is 1.70. The van der Waals surface area contributed by atoms with E-state index in [2.05, 4.69) is 0 Å². The first-order valence-electron chi connectivity index (χ1n) is 2.75. The molecule has 48 valence electrons. The van der Waals surface area contributed by atoms with Gasteiger partial charge in [0.25, 0.3) is 0 Å². The quantitative estimate of drug-likeness (QED) is 0.469. The van der Waals surface area contributed by atoms with E-state index in [1.165, 1.54) is 0 Å². The van der Waals surface area contributed by atoms with Crippen LogP contribution >= 0.6 is 11.6 Å². The highest BCUT2D eigenvalue weighted by atomic mass is 35.5. The molecule has 0 aliphatic rings. The summed E-state index contributed by atoms with van der Waals surface area (Å²) in [7, 11) is 0. The Hall–Kier alpha value is -0.530. The van der Waals surface area contributed by atoms with E-state index in [9.17, 15) is 0 Å². The molecule has 0 saturated carbocycles. The lowest BCUT2D eigenvalue weighted by Crippen LogP contribution is -2.00. The van der Waals surface area contributed by atoms with Gasteiger partial charge in [-0.3, -0.25) is 0 Å². The van der Waals surface area contributed by atoms with Crippen molar-refractivity contribution in [2.24, 2.45) is 5.73 Å². The summed E-state index contributed by atoms with van der Waals surface area (Å²) >= 11 is 5.58. The van der Waals surface area contributed by atoms with Crippen LogP contribution < -0.4 is 5.73 Å². The minimum absolute atomic E-state index is 0.369. The van der Waals surface area contributed by atoms with Gasteiger partial charge in [0.05, 0.1) is 0 Å². The molecule has 0 aromatic heterocycles. The van der Waals surface area contributed by atoms with E-state index in [0.717, 1.165) is 5.56 Å². The lowest BCUT2D eigenvalue weighted by Gasteiger charge is -1.99. The molecule has 0 aliphatic heterocycles. The monoisotopic (exact) mass is 141 g/mol. The fourth-order valence-corrected chi connectivity index (χ4v) is 0.782. The molecule has 1 atom stereocenters. The second kappa shape index (κ2) is 2.85. The van der Waals surface area contributed by atoms with Crippen molar-refractivity contribution in [3.63, 3.8) is 0 Å². The summed E-state index contributed by atoms with van der Waals surface area (Å²) in [6.07, 6.45) is 0. The van der Waals surface area contributed by atoms with E-state index in [1.807, 2.05) is 30.3 Å². The highest BCUT2D eigenvalue weighted by Crippen LogP contribution is 2.11. The fourth-order valence-electron chi connectivity index (χ4n) is 0.637. The minimum atomic E-state index is -0.369. The van der Waals surface area contributed by atoms with Crippen LogP contribution in [0.25, 0.3) is 0 Å². The van der Waals surface area contributed by atoms with Crippen LogP contribution in [0.15, 0.2) is 30.3 Å². The van der Waals surface area contributed by atoms with Crippen molar-refractivity contribution < 1.29 is 0 Å². The predicted octanol–water partition coefficient (Wildman–Crippen LogP) is 1.88. The summed E-state index contributed by atoms with van der Waals surface area (Å²) in [5, 5.41) is 0. The Kier molecular flexibility index (Phi) is 2.09. The van der Waals surface area contributed by atoms with Crippen LogP contribution in [0, 0.1) is 0 Å². The molecule has 1 nitrogen and oxygen atoms in total. The van der Waals surface area contributed by atoms with Crippen LogP contribution in [-0.2, 0) is 0 Å². The molecule has 0 amide bonds. The van der Waals surface area contributed by atoms with E-state index >= 15 is 0 Å². The van der Waals surface area contributed by atoms with Gasteiger partial charge >= 0.3 is 0 Å². The smallest absolute Gasteiger partial charge is 0.106 e. The summed E-state index contributed by atoms with van der Waals surface area (Å²) in [5.74, 6) is 0. The third-order valence-corrected chi connectivity index (χ3v) is 1.37. The molecule has 0 spiro atoms. The van der Waals surface area contributed by atoms with Gasteiger partial charge in [-0.05, 0) is 5.56 Å². The van der Waals surface area contributed by atoms with E-state index < -0.39 is 0 Å². The predicted molar refractivity (Wildman–Crippen MR) is 39.2 cm³/mol. The summed E-state index contributed by atoms with van der Waals surface area (Å²) in [6.45, 7) is 0. The van der Waals surface area contributed by atoms with E-state index in [1.54, 1.807) is 0 Å². The summed E-state index contributed by atoms with van der Waals surface area (Å²) in [4.78, 5) is 0. The number of hydrogen-bond acceptors (Lipinski definition) is 1. The SMILES string of the molecule is NC(Cl)c1ccccc1. The van der Waals surface area contributed by atoms with Crippen LogP contribution in [0.3, 0.4) is 0 Å². The van der Waals surface area contributed by atoms with Crippen molar-refractivity contribution in [1.29, 1.82) is 0 Å². The number of benzene rings is 1. The zero-order chi connectivity index (χ0) is 6.69. The number of halogens is 1. The average Bonchev–Trinajstić information content (AvgIpc) is 1.90. The van der Waals surface area contributed by atoms with Gasteiger partial charge in [0, 0.05) is 0 Å². The Morgan fingerprint density at radius 2 is 1.78 bits per heavy atom. The van der Waals surface area contributed by atoms with E-state index in [0.29, 0.717) is 0 Å². The Balaban J connectivity index is 2.85. The van der Waals surface area contributed by atoms with Gasteiger partial charge in [-0.15, -0.1) is 11.6 Å². The lowest BCUT2D eigenvalue weighted by molar-refractivity contribution is 1.02. The molecule has 9 heavy (non-hydrogen) atoms. The third-order valence-electron chi connectivity index (χ3n) is 1.12. The van der Waals surface area contributed by atoms with Gasteiger partial charge in [-0.1, -0.05) is 30.3 Å². The van der Waals surface area contributed by atoms with Gasteiger partial charge in [0.1, 0.15) is 5.50 Å². The van der Waals surface area contributed by atoms with Gasteiger partial charge < -0.3 is 5.73 Å². The molecule has 1 aromatic rings. The average molecular weight is 142 g/mol. The van der Waals surface area contributed by atoms with Crippen molar-refractivity contribution in [2.75, 3.05) is 0 Å². The Bertz CT molecular complexity index is 172. The lowest BCUT2D eigenvalue weighted by atomic mass is 10.2. The molecule has 2 heteroatoms. The van der Waals surface area contributed by atoms with Crippen LogP contribution in [0.5, 0.6) is 0 Å². The molecule has 0 bridgehead atoms. The van der Waals surface area contributed by atoms with Gasteiger partial charge in [-0.25, -0.2) is 0 Å². The maximum absolute atomic E-state index is 5.58. The largest absolute Gasteiger partial charge is 0.312 e. The van der Waals surface area contributed by atoms with E-state index in [-0.39, 0.29) is 5.50 Å². The standard InChI is InChI=1S/C7H8ClN/c8-7(9)6-4-2-1-3-5-6/h1-5,7H,9H2. The first-order valence-corrected chi connectivity index (χ1v) is 3.19. The Labute approximate surface area is 59.4 Å². The second-order valence-electron chi connectivity index (χ2n) is 1.81. The molecule has 0 aliphatic carbocycles. The first kappa shape index (κ1) is 6.59. The van der Waals surface area contributed by atoms with Crippen molar-refractivity contribution in [2.45, 2.75) is 5.50 Å². The topological polar surface area (TPSA) is 26.0 Å². The number of hydrogen-bond donors (Lipinski definition) is 1. The second-order valence-corrected chi connectivity index (χ2v) is 2.28. The van der Waals surface area contributed by atoms with Gasteiger partial charge in [0.2, 0.25) is 0 Å². The summed E-state index contributed by atoms with van der Waals surface area (Å²) < 4.78 is 0. The van der Waals surface area contributed by atoms with Crippen molar-refractivity contribution in [1.82, 2.24) is 0 Å². The summed E-state index contributed by atoms with van der Waals surface area (Å²) in [5.41, 5.74) is 5.97. The van der Waals surface area contributed by atoms with Crippen LogP contribution in [0.1, 0.15) is 11.1 Å². The maximum atomic E-state index is 5.58.